The van der Waals surface area contributed by atoms with Crippen molar-refractivity contribution in [3.63, 3.8) is 0 Å². The largest absolute Gasteiger partial charge is 0.489 e. The van der Waals surface area contributed by atoms with E-state index in [2.05, 4.69) is 10.1 Å². The molecule has 0 bridgehead atoms. The quantitative estimate of drug-likeness (QED) is 0.837. The molecule has 0 unspecified atom stereocenters. The second kappa shape index (κ2) is 6.47. The smallest absolute Gasteiger partial charge is 0.337 e. The van der Waals surface area contributed by atoms with Gasteiger partial charge in [0.15, 0.2) is 0 Å². The van der Waals surface area contributed by atoms with Crippen LogP contribution in [-0.4, -0.2) is 32.3 Å². The normalized spacial score (nSPS) is 18.3. The Labute approximate surface area is 107 Å². The lowest BCUT2D eigenvalue weighted by Gasteiger charge is -2.12. The molecule has 0 aliphatic carbocycles. The van der Waals surface area contributed by atoms with Crippen molar-refractivity contribution < 1.29 is 14.3 Å². The van der Waals surface area contributed by atoms with Crippen LogP contribution in [0.3, 0.4) is 0 Å². The number of hydrogen-bond donors (Lipinski definition) is 1. The maximum absolute atomic E-state index is 11.2. The van der Waals surface area contributed by atoms with Gasteiger partial charge in [-0.3, -0.25) is 0 Å². The first-order valence-electron chi connectivity index (χ1n) is 5.35. The van der Waals surface area contributed by atoms with E-state index in [9.17, 15) is 4.79 Å². The fraction of sp³-hybridized carbons (Fsp3) is 0.417. The highest BCUT2D eigenvalue weighted by Gasteiger charge is 2.15. The standard InChI is InChI=1S/C12H15NO3.ClH/c1-15-12(14)9-2-4-10(5-3-9)16-11-6-7-13-8-11;/h2-5,11,13H,6-8H2,1H3;1H/t11-;/m0./s1. The van der Waals surface area contributed by atoms with Gasteiger partial charge in [0, 0.05) is 6.54 Å². The summed E-state index contributed by atoms with van der Waals surface area (Å²) >= 11 is 0. The SMILES string of the molecule is COC(=O)c1ccc(O[C@H]2CCNC2)cc1.Cl. The second-order valence-corrected chi connectivity index (χ2v) is 3.75. The van der Waals surface area contributed by atoms with E-state index in [1.165, 1.54) is 7.11 Å². The third-order valence-electron chi connectivity index (χ3n) is 2.59. The van der Waals surface area contributed by atoms with Crippen LogP contribution in [0, 0.1) is 0 Å². The zero-order chi connectivity index (χ0) is 11.4. The molecule has 2 rings (SSSR count). The van der Waals surface area contributed by atoms with E-state index in [4.69, 9.17) is 4.74 Å². The minimum atomic E-state index is -0.325. The summed E-state index contributed by atoms with van der Waals surface area (Å²) in [4.78, 5) is 11.2. The molecule has 1 N–H and O–H groups in total. The van der Waals surface area contributed by atoms with Crippen molar-refractivity contribution in [2.24, 2.45) is 0 Å². The number of hydrogen-bond acceptors (Lipinski definition) is 4. The van der Waals surface area contributed by atoms with Crippen LogP contribution >= 0.6 is 12.4 Å². The van der Waals surface area contributed by atoms with Crippen LogP contribution in [0.15, 0.2) is 24.3 Å². The van der Waals surface area contributed by atoms with Gasteiger partial charge in [-0.25, -0.2) is 4.79 Å². The van der Waals surface area contributed by atoms with Crippen LogP contribution < -0.4 is 10.1 Å². The summed E-state index contributed by atoms with van der Waals surface area (Å²) in [5.41, 5.74) is 0.541. The van der Waals surface area contributed by atoms with Gasteiger partial charge in [-0.2, -0.15) is 0 Å². The molecule has 94 valence electrons. The number of ether oxygens (including phenoxy) is 2. The minimum absolute atomic E-state index is 0. The average molecular weight is 258 g/mol. The molecule has 0 radical (unpaired) electrons. The lowest BCUT2D eigenvalue weighted by atomic mass is 10.2. The van der Waals surface area contributed by atoms with Crippen molar-refractivity contribution in [1.29, 1.82) is 0 Å². The third kappa shape index (κ3) is 3.61. The molecule has 0 saturated carbocycles. The van der Waals surface area contributed by atoms with Gasteiger partial charge in [-0.05, 0) is 37.2 Å². The van der Waals surface area contributed by atoms with Crippen LogP contribution in [0.2, 0.25) is 0 Å². The number of carbonyl (C=O) groups is 1. The Balaban J connectivity index is 0.00000144. The fourth-order valence-corrected chi connectivity index (χ4v) is 1.71. The molecule has 1 aliphatic rings. The lowest BCUT2D eigenvalue weighted by Crippen LogP contribution is -2.19. The molecule has 5 heteroatoms. The Bertz CT molecular complexity index is 361. The predicted molar refractivity (Wildman–Crippen MR) is 66.9 cm³/mol. The van der Waals surface area contributed by atoms with E-state index < -0.39 is 0 Å². The molecule has 0 aromatic heterocycles. The molecule has 0 amide bonds. The molecule has 1 aromatic rings. The Hall–Kier alpha value is -1.26. The Morgan fingerprint density at radius 1 is 1.35 bits per heavy atom. The van der Waals surface area contributed by atoms with E-state index >= 15 is 0 Å². The summed E-state index contributed by atoms with van der Waals surface area (Å²) < 4.78 is 10.3. The molecule has 0 spiro atoms. The van der Waals surface area contributed by atoms with Crippen LogP contribution in [0.1, 0.15) is 16.8 Å². The highest BCUT2D eigenvalue weighted by Crippen LogP contribution is 2.16. The number of halogens is 1. The highest BCUT2D eigenvalue weighted by molar-refractivity contribution is 5.89. The number of benzene rings is 1. The molecule has 4 nitrogen and oxygen atoms in total. The maximum atomic E-state index is 11.2. The molecule has 1 atom stereocenters. The van der Waals surface area contributed by atoms with Crippen molar-refractivity contribution in [2.75, 3.05) is 20.2 Å². The molecule has 1 aromatic carbocycles. The molecule has 1 aliphatic heterocycles. The van der Waals surface area contributed by atoms with Gasteiger partial charge >= 0.3 is 5.97 Å². The average Bonchev–Trinajstić information content (AvgIpc) is 2.82. The summed E-state index contributed by atoms with van der Waals surface area (Å²) in [6.45, 7) is 1.89. The maximum Gasteiger partial charge on any atom is 0.337 e. The zero-order valence-corrected chi connectivity index (χ0v) is 10.5. The van der Waals surface area contributed by atoms with E-state index in [0.717, 1.165) is 25.3 Å². The van der Waals surface area contributed by atoms with Crippen LogP contribution in [0.5, 0.6) is 5.75 Å². The van der Waals surface area contributed by atoms with E-state index in [0.29, 0.717) is 5.56 Å². The first-order chi connectivity index (χ1) is 7.79. The molecular weight excluding hydrogens is 242 g/mol. The van der Waals surface area contributed by atoms with Crippen LogP contribution in [0.4, 0.5) is 0 Å². The number of esters is 1. The molecular formula is C12H16ClNO3. The van der Waals surface area contributed by atoms with Crippen molar-refractivity contribution >= 4 is 18.4 Å². The van der Waals surface area contributed by atoms with Gasteiger partial charge in [-0.1, -0.05) is 0 Å². The van der Waals surface area contributed by atoms with Gasteiger partial charge in [0.05, 0.1) is 12.7 Å². The van der Waals surface area contributed by atoms with E-state index in [1.807, 2.05) is 0 Å². The lowest BCUT2D eigenvalue weighted by molar-refractivity contribution is 0.0600. The number of rotatable bonds is 3. The van der Waals surface area contributed by atoms with Crippen LogP contribution in [-0.2, 0) is 4.74 Å². The summed E-state index contributed by atoms with van der Waals surface area (Å²) in [6, 6.07) is 7.02. The monoisotopic (exact) mass is 257 g/mol. The summed E-state index contributed by atoms with van der Waals surface area (Å²) in [6.07, 6.45) is 1.27. The predicted octanol–water partition coefficient (Wildman–Crippen LogP) is 1.64. The van der Waals surface area contributed by atoms with Crippen molar-refractivity contribution in [3.05, 3.63) is 29.8 Å². The molecule has 1 heterocycles. The number of carbonyl (C=O) groups excluding carboxylic acids is 1. The molecule has 17 heavy (non-hydrogen) atoms. The van der Waals surface area contributed by atoms with Crippen molar-refractivity contribution in [1.82, 2.24) is 5.32 Å². The summed E-state index contributed by atoms with van der Waals surface area (Å²) in [5, 5.41) is 3.23. The topological polar surface area (TPSA) is 47.6 Å². The Morgan fingerprint density at radius 3 is 2.59 bits per heavy atom. The molecule has 1 fully saturated rings. The highest BCUT2D eigenvalue weighted by atomic mass is 35.5. The third-order valence-corrected chi connectivity index (χ3v) is 2.59. The zero-order valence-electron chi connectivity index (χ0n) is 9.64. The summed E-state index contributed by atoms with van der Waals surface area (Å²) in [7, 11) is 1.37. The van der Waals surface area contributed by atoms with E-state index in [1.54, 1.807) is 24.3 Å². The van der Waals surface area contributed by atoms with Gasteiger partial charge in [0.1, 0.15) is 11.9 Å². The second-order valence-electron chi connectivity index (χ2n) is 3.75. The first-order valence-corrected chi connectivity index (χ1v) is 5.35. The number of methoxy groups -OCH3 is 1. The van der Waals surface area contributed by atoms with Gasteiger partial charge < -0.3 is 14.8 Å². The van der Waals surface area contributed by atoms with Gasteiger partial charge in [-0.15, -0.1) is 12.4 Å². The van der Waals surface area contributed by atoms with Crippen molar-refractivity contribution in [3.8, 4) is 5.75 Å². The molecule has 1 saturated heterocycles. The fourth-order valence-electron chi connectivity index (χ4n) is 1.71. The summed E-state index contributed by atoms with van der Waals surface area (Å²) in [5.74, 6) is 0.468. The van der Waals surface area contributed by atoms with Gasteiger partial charge in [0.2, 0.25) is 0 Å². The minimum Gasteiger partial charge on any atom is -0.489 e. The Morgan fingerprint density at radius 2 is 2.06 bits per heavy atom. The number of nitrogens with one attached hydrogen (secondary N) is 1. The van der Waals surface area contributed by atoms with Gasteiger partial charge in [0.25, 0.3) is 0 Å². The first kappa shape index (κ1) is 13.8. The van der Waals surface area contributed by atoms with Crippen LogP contribution in [0.25, 0.3) is 0 Å². The Kier molecular flexibility index (Phi) is 5.25. The van der Waals surface area contributed by atoms with E-state index in [-0.39, 0.29) is 24.5 Å². The van der Waals surface area contributed by atoms with Crippen molar-refractivity contribution in [2.45, 2.75) is 12.5 Å².